The molecule has 0 aliphatic heterocycles. The molecule has 2 nitrogen and oxygen atoms in total. The lowest BCUT2D eigenvalue weighted by Gasteiger charge is -2.40. The Kier molecular flexibility index (Phi) is 2.85. The lowest BCUT2D eigenvalue weighted by Crippen LogP contribution is -2.05. The third-order valence-electron chi connectivity index (χ3n) is 1.75. The molecule has 0 bridgehead atoms. The van der Waals surface area contributed by atoms with Crippen molar-refractivity contribution >= 4 is 26.5 Å². The molecular weight excluding hydrogens is 306 g/mol. The normalized spacial score (nSPS) is 17.4. The van der Waals surface area contributed by atoms with Gasteiger partial charge in [0, 0.05) is 0 Å². The van der Waals surface area contributed by atoms with Crippen LogP contribution in [0.1, 0.15) is 5.56 Å². The highest BCUT2D eigenvalue weighted by atomic mass is 32.5. The van der Waals surface area contributed by atoms with Gasteiger partial charge in [-0.2, -0.15) is 8.42 Å². The number of halogens is 6. The molecule has 0 saturated heterocycles. The highest BCUT2D eigenvalue weighted by Gasteiger charge is 2.65. The fraction of sp³-hybridized carbons (Fsp3) is 0. The fourth-order valence-electron chi connectivity index (χ4n) is 0.996. The molecule has 0 spiro atoms. The van der Waals surface area contributed by atoms with Gasteiger partial charge in [0.25, 0.3) is 0 Å². The van der Waals surface area contributed by atoms with Gasteiger partial charge < -0.3 is 0 Å². The Morgan fingerprint density at radius 3 is 1.72 bits per heavy atom. The molecule has 0 aliphatic carbocycles. The van der Waals surface area contributed by atoms with Crippen LogP contribution < -0.4 is 0 Å². The third kappa shape index (κ3) is 4.61. The summed E-state index contributed by atoms with van der Waals surface area (Å²) in [5.41, 5.74) is -0.165. The SMILES string of the molecule is O=S(=O)(F)/C=C/c1ccc(S(F)(F)(F)(F)F)cc1. The van der Waals surface area contributed by atoms with E-state index in [4.69, 9.17) is 0 Å². The van der Waals surface area contributed by atoms with Crippen molar-refractivity contribution in [1.82, 2.24) is 0 Å². The zero-order chi connectivity index (χ0) is 14.3. The first-order valence-electron chi connectivity index (χ1n) is 4.14. The second-order valence-corrected chi connectivity index (χ2v) is 6.95. The molecule has 1 aromatic carbocycles. The topological polar surface area (TPSA) is 34.1 Å². The number of benzene rings is 1. The van der Waals surface area contributed by atoms with Crippen molar-refractivity contribution in [3.63, 3.8) is 0 Å². The molecule has 0 heterocycles. The Hall–Kier alpha value is -1.16. The summed E-state index contributed by atoms with van der Waals surface area (Å²) >= 11 is 0. The van der Waals surface area contributed by atoms with Crippen LogP contribution in [0.25, 0.3) is 6.08 Å². The molecule has 0 aliphatic rings. The first kappa shape index (κ1) is 14.9. The zero-order valence-corrected chi connectivity index (χ0v) is 10.00. The Morgan fingerprint density at radius 2 is 1.39 bits per heavy atom. The molecule has 18 heavy (non-hydrogen) atoms. The Labute approximate surface area is 98.9 Å². The molecule has 0 N–H and O–H groups in total. The molecule has 1 aromatic rings. The van der Waals surface area contributed by atoms with Crippen LogP contribution in [0.2, 0.25) is 0 Å². The van der Waals surface area contributed by atoms with Crippen LogP contribution in [0.5, 0.6) is 0 Å². The van der Waals surface area contributed by atoms with Crippen molar-refractivity contribution < 1.29 is 31.7 Å². The van der Waals surface area contributed by atoms with Gasteiger partial charge in [-0.3, -0.25) is 0 Å². The van der Waals surface area contributed by atoms with Gasteiger partial charge in [0.1, 0.15) is 4.90 Å². The van der Waals surface area contributed by atoms with E-state index < -0.39 is 25.3 Å². The largest absolute Gasteiger partial charge is 0.325 e. The first-order valence-corrected chi connectivity index (χ1v) is 7.54. The average Bonchev–Trinajstić information content (AvgIpc) is 2.11. The minimum absolute atomic E-state index is 0.0989. The number of rotatable bonds is 3. The predicted octanol–water partition coefficient (Wildman–Crippen LogP) is 4.61. The molecule has 1 rings (SSSR count). The van der Waals surface area contributed by atoms with Crippen LogP contribution in [-0.2, 0) is 10.2 Å². The summed E-state index contributed by atoms with van der Waals surface area (Å²) in [6, 6.07) is 1.42. The van der Waals surface area contributed by atoms with E-state index in [9.17, 15) is 31.7 Å². The molecule has 10 heteroatoms. The lowest BCUT2D eigenvalue weighted by atomic mass is 10.2. The Bertz CT molecular complexity index is 585. The average molecular weight is 312 g/mol. The van der Waals surface area contributed by atoms with Gasteiger partial charge in [-0.15, -0.1) is 3.89 Å². The number of hydrogen-bond donors (Lipinski definition) is 0. The van der Waals surface area contributed by atoms with Gasteiger partial charge in [-0.05, 0) is 23.8 Å². The first-order chi connectivity index (χ1) is 7.67. The summed E-state index contributed by atoms with van der Waals surface area (Å²) in [7, 11) is -14.7. The molecule has 0 saturated carbocycles. The van der Waals surface area contributed by atoms with Crippen LogP contribution in [0, 0.1) is 0 Å². The van der Waals surface area contributed by atoms with E-state index in [-0.39, 0.29) is 23.1 Å². The zero-order valence-electron chi connectivity index (χ0n) is 8.36. The molecule has 0 aromatic heterocycles. The van der Waals surface area contributed by atoms with E-state index >= 15 is 0 Å². The summed E-state index contributed by atoms with van der Waals surface area (Å²) in [6.07, 6.45) is 0.643. The summed E-state index contributed by atoms with van der Waals surface area (Å²) < 4.78 is 93.6. The Morgan fingerprint density at radius 1 is 0.944 bits per heavy atom. The molecule has 104 valence electrons. The Balaban J connectivity index is 3.14. The van der Waals surface area contributed by atoms with Crippen LogP contribution in [0.15, 0.2) is 34.6 Å². The number of hydrogen-bond acceptors (Lipinski definition) is 2. The molecule has 0 unspecified atom stereocenters. The van der Waals surface area contributed by atoms with Crippen molar-refractivity contribution in [2.75, 3.05) is 0 Å². The monoisotopic (exact) mass is 312 g/mol. The van der Waals surface area contributed by atoms with E-state index in [0.29, 0.717) is 18.2 Å². The molecule has 0 atom stereocenters. The smallest absolute Gasteiger partial charge is 0.190 e. The predicted molar refractivity (Wildman–Crippen MR) is 56.9 cm³/mol. The fourth-order valence-corrected chi connectivity index (χ4v) is 1.97. The van der Waals surface area contributed by atoms with Gasteiger partial charge in [-0.1, -0.05) is 31.6 Å². The van der Waals surface area contributed by atoms with Crippen molar-refractivity contribution in [2.24, 2.45) is 0 Å². The third-order valence-corrected chi connectivity index (χ3v) is 3.37. The van der Waals surface area contributed by atoms with E-state index in [1.54, 1.807) is 0 Å². The minimum Gasteiger partial charge on any atom is -0.190 e. The minimum atomic E-state index is -9.73. The second kappa shape index (κ2) is 3.44. The lowest BCUT2D eigenvalue weighted by molar-refractivity contribution is 0.364. The quantitative estimate of drug-likeness (QED) is 0.603. The summed E-state index contributed by atoms with van der Waals surface area (Å²) in [5.74, 6) is 0. The van der Waals surface area contributed by atoms with Gasteiger partial charge in [0.2, 0.25) is 0 Å². The van der Waals surface area contributed by atoms with Crippen LogP contribution in [0.3, 0.4) is 0 Å². The van der Waals surface area contributed by atoms with Gasteiger partial charge in [0.05, 0.1) is 5.41 Å². The van der Waals surface area contributed by atoms with Gasteiger partial charge in [0.15, 0.2) is 0 Å². The molecule has 0 fully saturated rings. The highest BCUT2D eigenvalue weighted by molar-refractivity contribution is 8.45. The van der Waals surface area contributed by atoms with Crippen LogP contribution in [-0.4, -0.2) is 8.42 Å². The molecule has 0 amide bonds. The van der Waals surface area contributed by atoms with E-state index in [1.165, 1.54) is 0 Å². The van der Waals surface area contributed by atoms with Gasteiger partial charge in [-0.25, -0.2) is 0 Å². The maximum absolute atomic E-state index is 12.3. The summed E-state index contributed by atoms with van der Waals surface area (Å²) in [6.45, 7) is 0. The molecule has 0 radical (unpaired) electrons. The maximum Gasteiger partial charge on any atom is 0.325 e. The van der Waals surface area contributed by atoms with Crippen LogP contribution >= 0.6 is 10.2 Å². The van der Waals surface area contributed by atoms with Crippen molar-refractivity contribution in [3.8, 4) is 0 Å². The highest BCUT2D eigenvalue weighted by Crippen LogP contribution is 3.02. The standard InChI is InChI=1S/C8H6F6O2S2/c9-17(15,16)6-5-7-1-3-8(4-2-7)18(10,11,12,13)14/h1-6H/b6-5+. The van der Waals surface area contributed by atoms with Crippen LogP contribution in [0.4, 0.5) is 23.3 Å². The molecular formula is C8H6F6O2S2. The van der Waals surface area contributed by atoms with Crippen molar-refractivity contribution in [2.45, 2.75) is 4.90 Å². The van der Waals surface area contributed by atoms with Gasteiger partial charge >= 0.3 is 20.4 Å². The van der Waals surface area contributed by atoms with E-state index in [1.807, 2.05) is 0 Å². The second-order valence-electron chi connectivity index (χ2n) is 3.32. The van der Waals surface area contributed by atoms with E-state index in [2.05, 4.69) is 0 Å². The van der Waals surface area contributed by atoms with Crippen molar-refractivity contribution in [1.29, 1.82) is 0 Å². The maximum atomic E-state index is 12.3. The van der Waals surface area contributed by atoms with E-state index in [0.717, 1.165) is 0 Å². The van der Waals surface area contributed by atoms with Crippen molar-refractivity contribution in [3.05, 3.63) is 35.2 Å². The summed E-state index contributed by atoms with van der Waals surface area (Å²) in [4.78, 5) is -2.10. The summed E-state index contributed by atoms with van der Waals surface area (Å²) in [5, 5.41) is 0.0989.